The van der Waals surface area contributed by atoms with Crippen molar-refractivity contribution in [3.05, 3.63) is 22.4 Å². The number of nitrogens with zero attached hydrogens (tertiary/aromatic N) is 3. The lowest BCUT2D eigenvalue weighted by Gasteiger charge is -2.42. The number of likely N-dealkylation sites (tertiary alicyclic amines) is 1. The third kappa shape index (κ3) is 5.31. The number of hydrogen-bond donors (Lipinski definition) is 1. The van der Waals surface area contributed by atoms with Crippen LogP contribution in [0.3, 0.4) is 0 Å². The lowest BCUT2D eigenvalue weighted by molar-refractivity contribution is -0.139. The van der Waals surface area contributed by atoms with E-state index in [-0.39, 0.29) is 17.9 Å². The van der Waals surface area contributed by atoms with Gasteiger partial charge in [-0.1, -0.05) is 25.3 Å². The van der Waals surface area contributed by atoms with Crippen LogP contribution in [0.2, 0.25) is 0 Å². The van der Waals surface area contributed by atoms with Gasteiger partial charge in [-0.05, 0) is 37.1 Å². The summed E-state index contributed by atoms with van der Waals surface area (Å²) in [5, 5.41) is 5.02. The average molecular weight is 419 g/mol. The Kier molecular flexibility index (Phi) is 7.08. The van der Waals surface area contributed by atoms with Crippen LogP contribution >= 0.6 is 11.3 Å². The smallest absolute Gasteiger partial charge is 0.317 e. The molecule has 3 heterocycles. The molecule has 1 unspecified atom stereocenters. The van der Waals surface area contributed by atoms with E-state index in [4.69, 9.17) is 0 Å². The quantitative estimate of drug-likeness (QED) is 0.817. The summed E-state index contributed by atoms with van der Waals surface area (Å²) in [4.78, 5) is 33.3. The fraction of sp³-hybridized carbons (Fsp3) is 0.727. The van der Waals surface area contributed by atoms with E-state index in [9.17, 15) is 9.59 Å². The maximum Gasteiger partial charge on any atom is 0.317 e. The molecule has 0 radical (unpaired) electrons. The van der Waals surface area contributed by atoms with Gasteiger partial charge in [-0.2, -0.15) is 0 Å². The van der Waals surface area contributed by atoms with Crippen LogP contribution in [0, 0.1) is 5.92 Å². The van der Waals surface area contributed by atoms with Gasteiger partial charge >= 0.3 is 6.03 Å². The maximum absolute atomic E-state index is 13.1. The molecule has 0 bridgehead atoms. The lowest BCUT2D eigenvalue weighted by Crippen LogP contribution is -2.55. The van der Waals surface area contributed by atoms with Crippen molar-refractivity contribution < 1.29 is 9.59 Å². The van der Waals surface area contributed by atoms with Crippen molar-refractivity contribution in [2.45, 2.75) is 57.5 Å². The molecular formula is C22H34N4O2S. The van der Waals surface area contributed by atoms with Crippen LogP contribution in [0.4, 0.5) is 4.79 Å². The van der Waals surface area contributed by atoms with E-state index in [1.165, 1.54) is 32.1 Å². The number of nitrogens with one attached hydrogen (secondary N) is 1. The van der Waals surface area contributed by atoms with Crippen molar-refractivity contribution in [3.8, 4) is 0 Å². The van der Waals surface area contributed by atoms with E-state index in [1.54, 1.807) is 11.3 Å². The summed E-state index contributed by atoms with van der Waals surface area (Å²) in [7, 11) is 0. The zero-order chi connectivity index (χ0) is 20.1. The number of piperazine rings is 1. The highest BCUT2D eigenvalue weighted by atomic mass is 32.1. The van der Waals surface area contributed by atoms with Crippen LogP contribution in [-0.2, 0) is 11.3 Å². The van der Waals surface area contributed by atoms with Crippen molar-refractivity contribution in [1.29, 1.82) is 0 Å². The summed E-state index contributed by atoms with van der Waals surface area (Å²) in [5.74, 6) is 0.210. The van der Waals surface area contributed by atoms with Crippen molar-refractivity contribution >= 4 is 23.3 Å². The molecule has 3 amide bonds. The predicted octanol–water partition coefficient (Wildman–Crippen LogP) is 3.15. The zero-order valence-corrected chi connectivity index (χ0v) is 18.2. The number of piperidine rings is 1. The first-order valence-electron chi connectivity index (χ1n) is 11.3. The van der Waals surface area contributed by atoms with Crippen LogP contribution in [0.1, 0.15) is 49.8 Å². The topological polar surface area (TPSA) is 55.9 Å². The average Bonchev–Trinajstić information content (AvgIpc) is 3.31. The summed E-state index contributed by atoms with van der Waals surface area (Å²) < 4.78 is 0. The highest BCUT2D eigenvalue weighted by molar-refractivity contribution is 7.09. The van der Waals surface area contributed by atoms with Gasteiger partial charge in [-0.25, -0.2) is 4.79 Å². The highest BCUT2D eigenvalue weighted by Gasteiger charge is 2.33. The van der Waals surface area contributed by atoms with E-state index in [1.807, 2.05) is 22.4 Å². The third-order valence-corrected chi connectivity index (χ3v) is 7.65. The number of amides is 3. The van der Waals surface area contributed by atoms with Gasteiger partial charge in [-0.15, -0.1) is 11.3 Å². The molecule has 1 saturated carbocycles. The van der Waals surface area contributed by atoms with Crippen LogP contribution in [0.5, 0.6) is 0 Å². The van der Waals surface area contributed by atoms with Gasteiger partial charge in [0.1, 0.15) is 0 Å². The van der Waals surface area contributed by atoms with Crippen molar-refractivity contribution in [2.75, 3.05) is 39.3 Å². The van der Waals surface area contributed by atoms with Gasteiger partial charge in [-0.3, -0.25) is 9.69 Å². The maximum atomic E-state index is 13.1. The second-order valence-electron chi connectivity index (χ2n) is 8.68. The van der Waals surface area contributed by atoms with Gasteiger partial charge in [0.2, 0.25) is 5.91 Å². The molecule has 1 aliphatic carbocycles. The molecule has 2 aliphatic heterocycles. The number of hydrogen-bond acceptors (Lipinski definition) is 4. The van der Waals surface area contributed by atoms with E-state index in [0.29, 0.717) is 13.1 Å². The van der Waals surface area contributed by atoms with Gasteiger partial charge in [0, 0.05) is 50.2 Å². The Morgan fingerprint density at radius 2 is 1.76 bits per heavy atom. The Labute approximate surface area is 178 Å². The van der Waals surface area contributed by atoms with E-state index in [0.717, 1.165) is 56.5 Å². The Bertz CT molecular complexity index is 666. The molecule has 3 fully saturated rings. The second-order valence-corrected chi connectivity index (χ2v) is 9.71. The van der Waals surface area contributed by atoms with E-state index >= 15 is 0 Å². The number of carbonyl (C=O) groups is 2. The molecule has 1 aromatic heterocycles. The fourth-order valence-electron chi connectivity index (χ4n) is 5.06. The molecule has 4 rings (SSSR count). The molecule has 0 spiro atoms. The molecule has 2 saturated heterocycles. The van der Waals surface area contributed by atoms with Gasteiger partial charge in [0.15, 0.2) is 0 Å². The summed E-state index contributed by atoms with van der Waals surface area (Å²) in [6.45, 7) is 5.57. The normalized spacial score (nSPS) is 24.5. The number of thiophene rings is 1. The predicted molar refractivity (Wildman–Crippen MR) is 116 cm³/mol. The summed E-state index contributed by atoms with van der Waals surface area (Å²) >= 11 is 1.65. The fourth-order valence-corrected chi connectivity index (χ4v) is 5.71. The second kappa shape index (κ2) is 9.94. The van der Waals surface area contributed by atoms with Crippen molar-refractivity contribution in [2.24, 2.45) is 5.92 Å². The molecule has 1 atom stereocenters. The molecule has 3 aliphatic rings. The zero-order valence-electron chi connectivity index (χ0n) is 17.4. The molecular weight excluding hydrogens is 384 g/mol. The SMILES string of the molecule is O=C(NCc1cccs1)N1CCCC(C(=O)N2CCN(C3CCCCC3)CC2)C1. The highest BCUT2D eigenvalue weighted by Crippen LogP contribution is 2.25. The minimum Gasteiger partial charge on any atom is -0.340 e. The summed E-state index contributed by atoms with van der Waals surface area (Å²) in [6, 6.07) is 4.71. The third-order valence-electron chi connectivity index (χ3n) is 6.77. The van der Waals surface area contributed by atoms with E-state index in [2.05, 4.69) is 15.1 Å². The van der Waals surface area contributed by atoms with Crippen LogP contribution in [-0.4, -0.2) is 71.9 Å². The van der Waals surface area contributed by atoms with Crippen molar-refractivity contribution in [3.63, 3.8) is 0 Å². The number of urea groups is 1. The van der Waals surface area contributed by atoms with Crippen LogP contribution in [0.25, 0.3) is 0 Å². The Morgan fingerprint density at radius 1 is 0.966 bits per heavy atom. The first-order chi connectivity index (χ1) is 14.2. The number of carbonyl (C=O) groups excluding carboxylic acids is 2. The molecule has 1 aromatic rings. The summed E-state index contributed by atoms with van der Waals surface area (Å²) in [6.07, 6.45) is 8.56. The molecule has 6 nitrogen and oxygen atoms in total. The van der Waals surface area contributed by atoms with Crippen LogP contribution in [0.15, 0.2) is 17.5 Å². The standard InChI is InChI=1S/C22H34N4O2S/c27-21(25-13-11-24(12-14-25)19-7-2-1-3-8-19)18-6-4-10-26(17-18)22(28)23-16-20-9-5-15-29-20/h5,9,15,18-19H,1-4,6-8,10-14,16-17H2,(H,23,28). The largest absolute Gasteiger partial charge is 0.340 e. The van der Waals surface area contributed by atoms with Crippen LogP contribution < -0.4 is 5.32 Å². The number of rotatable bonds is 4. The molecule has 7 heteroatoms. The molecule has 29 heavy (non-hydrogen) atoms. The first kappa shape index (κ1) is 20.7. The minimum absolute atomic E-state index is 0.0435. The molecule has 0 aromatic carbocycles. The summed E-state index contributed by atoms with van der Waals surface area (Å²) in [5.41, 5.74) is 0. The Morgan fingerprint density at radius 3 is 2.48 bits per heavy atom. The lowest BCUT2D eigenvalue weighted by atomic mass is 9.93. The molecule has 1 N–H and O–H groups in total. The van der Waals surface area contributed by atoms with Gasteiger partial charge in [0.05, 0.1) is 12.5 Å². The Balaban J connectivity index is 1.23. The first-order valence-corrected chi connectivity index (χ1v) is 12.2. The van der Waals surface area contributed by atoms with Gasteiger partial charge in [0.25, 0.3) is 0 Å². The van der Waals surface area contributed by atoms with Gasteiger partial charge < -0.3 is 15.1 Å². The monoisotopic (exact) mass is 418 g/mol. The molecule has 160 valence electrons. The Hall–Kier alpha value is -1.60. The van der Waals surface area contributed by atoms with Crippen molar-refractivity contribution in [1.82, 2.24) is 20.0 Å². The van der Waals surface area contributed by atoms with E-state index < -0.39 is 0 Å². The minimum atomic E-state index is -0.0440.